The van der Waals surface area contributed by atoms with Crippen LogP contribution in [0.4, 0.5) is 0 Å². The van der Waals surface area contributed by atoms with Crippen LogP contribution < -0.4 is 0 Å². The van der Waals surface area contributed by atoms with Gasteiger partial charge in [-0.25, -0.2) is 5.06 Å². The second-order valence-electron chi connectivity index (χ2n) is 8.76. The maximum Gasteiger partial charge on any atom is 0.245 e. The van der Waals surface area contributed by atoms with Crippen molar-refractivity contribution in [3.8, 4) is 0 Å². The molecule has 0 N–H and O–H groups in total. The molecule has 1 atom stereocenters. The van der Waals surface area contributed by atoms with Gasteiger partial charge in [0.1, 0.15) is 0 Å². The zero-order valence-corrected chi connectivity index (χ0v) is 17.5. The second kappa shape index (κ2) is 12.7. The highest BCUT2D eigenvalue weighted by atomic mass is 16.7. The summed E-state index contributed by atoms with van der Waals surface area (Å²) in [4.78, 5) is 16.5. The highest BCUT2D eigenvalue weighted by Crippen LogP contribution is 2.28. The zero-order valence-electron chi connectivity index (χ0n) is 17.5. The van der Waals surface area contributed by atoms with Crippen LogP contribution >= 0.6 is 0 Å². The summed E-state index contributed by atoms with van der Waals surface area (Å²) >= 11 is 0. The molecule has 1 saturated carbocycles. The Morgan fingerprint density at radius 2 is 1.75 bits per heavy atom. The molecule has 0 saturated heterocycles. The van der Waals surface area contributed by atoms with Crippen molar-refractivity contribution in [2.45, 2.75) is 98.8 Å². The normalized spacial score (nSPS) is 15.5. The van der Waals surface area contributed by atoms with E-state index in [0.717, 1.165) is 24.7 Å². The number of hydrogen-bond donors (Lipinski definition) is 0. The first kappa shape index (κ1) is 23.4. The van der Waals surface area contributed by atoms with Crippen molar-refractivity contribution >= 4 is 5.91 Å². The lowest BCUT2D eigenvalue weighted by atomic mass is 9.83. The SMILES string of the molecule is CC1CC1.CCC[C@H](CCCCC(=O)N(C)OC)CCC(C)(C)C. The molecule has 0 spiro atoms. The van der Waals surface area contributed by atoms with E-state index < -0.39 is 0 Å². The Labute approximate surface area is 151 Å². The number of hydroxylamine groups is 2. The van der Waals surface area contributed by atoms with Gasteiger partial charge in [0.2, 0.25) is 5.91 Å². The van der Waals surface area contributed by atoms with Crippen LogP contribution in [0.3, 0.4) is 0 Å². The number of hydrogen-bond acceptors (Lipinski definition) is 2. The molecule has 1 aliphatic rings. The maximum absolute atomic E-state index is 11.6. The molecule has 0 aromatic rings. The Morgan fingerprint density at radius 3 is 2.17 bits per heavy atom. The minimum absolute atomic E-state index is 0.0780. The smallest absolute Gasteiger partial charge is 0.245 e. The van der Waals surface area contributed by atoms with Crippen molar-refractivity contribution in [1.29, 1.82) is 0 Å². The van der Waals surface area contributed by atoms with Crippen molar-refractivity contribution in [2.75, 3.05) is 14.2 Å². The number of carbonyl (C=O) groups excluding carboxylic acids is 1. The topological polar surface area (TPSA) is 29.5 Å². The molecule has 0 radical (unpaired) electrons. The van der Waals surface area contributed by atoms with Gasteiger partial charge >= 0.3 is 0 Å². The molecule has 1 fully saturated rings. The van der Waals surface area contributed by atoms with Gasteiger partial charge in [0.15, 0.2) is 0 Å². The Morgan fingerprint density at radius 1 is 1.17 bits per heavy atom. The summed E-state index contributed by atoms with van der Waals surface area (Å²) in [6, 6.07) is 0. The Kier molecular flexibility index (Phi) is 12.4. The van der Waals surface area contributed by atoms with Gasteiger partial charge < -0.3 is 0 Å². The van der Waals surface area contributed by atoms with E-state index in [1.807, 2.05) is 0 Å². The van der Waals surface area contributed by atoms with Crippen molar-refractivity contribution in [3.05, 3.63) is 0 Å². The molecule has 0 aromatic heterocycles. The van der Waals surface area contributed by atoms with E-state index in [-0.39, 0.29) is 5.91 Å². The predicted octanol–water partition coefficient (Wildman–Crippen LogP) is 6.23. The fraction of sp³-hybridized carbons (Fsp3) is 0.952. The van der Waals surface area contributed by atoms with E-state index in [1.165, 1.54) is 57.1 Å². The monoisotopic (exact) mass is 341 g/mol. The molecule has 0 bridgehead atoms. The van der Waals surface area contributed by atoms with E-state index >= 15 is 0 Å². The van der Waals surface area contributed by atoms with E-state index in [9.17, 15) is 4.79 Å². The first-order chi connectivity index (χ1) is 11.2. The summed E-state index contributed by atoms with van der Waals surface area (Å²) in [6.45, 7) is 11.5. The summed E-state index contributed by atoms with van der Waals surface area (Å²) in [5, 5.41) is 1.32. The van der Waals surface area contributed by atoms with Crippen molar-refractivity contribution in [1.82, 2.24) is 5.06 Å². The van der Waals surface area contributed by atoms with Gasteiger partial charge in [0.05, 0.1) is 7.11 Å². The Bertz CT molecular complexity index is 318. The molecule has 1 aliphatic carbocycles. The van der Waals surface area contributed by atoms with E-state index in [0.29, 0.717) is 11.8 Å². The fourth-order valence-electron chi connectivity index (χ4n) is 2.61. The quantitative estimate of drug-likeness (QED) is 0.348. The van der Waals surface area contributed by atoms with Gasteiger partial charge in [-0.15, -0.1) is 0 Å². The van der Waals surface area contributed by atoms with Crippen LogP contribution in [0.15, 0.2) is 0 Å². The van der Waals surface area contributed by atoms with Gasteiger partial charge in [-0.2, -0.15) is 0 Å². The van der Waals surface area contributed by atoms with Crippen molar-refractivity contribution < 1.29 is 9.63 Å². The maximum atomic E-state index is 11.6. The average Bonchev–Trinajstić information content (AvgIpc) is 3.29. The Balaban J connectivity index is 0.00000114. The number of amides is 1. The van der Waals surface area contributed by atoms with Crippen LogP contribution in [0, 0.1) is 17.3 Å². The highest BCUT2D eigenvalue weighted by Gasteiger charge is 2.15. The highest BCUT2D eigenvalue weighted by molar-refractivity contribution is 5.74. The van der Waals surface area contributed by atoms with E-state index in [2.05, 4.69) is 34.6 Å². The van der Waals surface area contributed by atoms with Crippen LogP contribution in [-0.2, 0) is 9.63 Å². The molecule has 144 valence electrons. The summed E-state index contributed by atoms with van der Waals surface area (Å²) in [6.07, 6.45) is 12.2. The summed E-state index contributed by atoms with van der Waals surface area (Å²) in [7, 11) is 3.20. The van der Waals surface area contributed by atoms with E-state index in [1.54, 1.807) is 7.05 Å². The van der Waals surface area contributed by atoms with Crippen LogP contribution in [0.25, 0.3) is 0 Å². The molecule has 0 aliphatic heterocycles. The third kappa shape index (κ3) is 15.0. The molecule has 1 rings (SSSR count). The second-order valence-corrected chi connectivity index (χ2v) is 8.76. The molecule has 1 amide bonds. The number of rotatable bonds is 10. The van der Waals surface area contributed by atoms with Crippen molar-refractivity contribution in [3.63, 3.8) is 0 Å². The van der Waals surface area contributed by atoms with Crippen molar-refractivity contribution in [2.24, 2.45) is 17.3 Å². The summed E-state index contributed by atoms with van der Waals surface area (Å²) < 4.78 is 0. The molecule has 3 heteroatoms. The standard InChI is InChI=1S/C17H35NO2.C4H8/c1-7-10-15(13-14-17(2,3)4)11-8-9-12-16(19)18(5)20-6;1-4-2-3-4/h15H,7-14H2,1-6H3;4H,2-3H2,1H3/t15-;/m1./s1. The molecular weight excluding hydrogens is 298 g/mol. The molecule has 0 heterocycles. The van der Waals surface area contributed by atoms with Gasteiger partial charge in [-0.3, -0.25) is 9.63 Å². The predicted molar refractivity (Wildman–Crippen MR) is 104 cm³/mol. The van der Waals surface area contributed by atoms with Gasteiger partial charge in [0, 0.05) is 13.5 Å². The fourth-order valence-corrected chi connectivity index (χ4v) is 2.61. The van der Waals surface area contributed by atoms with Crippen LogP contribution in [0.2, 0.25) is 0 Å². The lowest BCUT2D eigenvalue weighted by Crippen LogP contribution is -2.24. The van der Waals surface area contributed by atoms with Crippen LogP contribution in [0.1, 0.15) is 98.8 Å². The third-order valence-corrected chi connectivity index (χ3v) is 4.74. The van der Waals surface area contributed by atoms with Crippen LogP contribution in [-0.4, -0.2) is 25.1 Å². The third-order valence-electron chi connectivity index (χ3n) is 4.74. The molecule has 0 unspecified atom stereocenters. The lowest BCUT2D eigenvalue weighted by Gasteiger charge is -2.23. The number of carbonyl (C=O) groups is 1. The number of unbranched alkanes of at least 4 members (excludes halogenated alkanes) is 1. The first-order valence-corrected chi connectivity index (χ1v) is 10.00. The molecular formula is C21H43NO2. The molecule has 0 aromatic carbocycles. The van der Waals surface area contributed by atoms with Gasteiger partial charge in [-0.05, 0) is 36.5 Å². The zero-order chi connectivity index (χ0) is 18.6. The molecule has 24 heavy (non-hydrogen) atoms. The average molecular weight is 342 g/mol. The van der Waals surface area contributed by atoms with E-state index in [4.69, 9.17) is 4.84 Å². The largest absolute Gasteiger partial charge is 0.275 e. The summed E-state index contributed by atoms with van der Waals surface area (Å²) in [5.41, 5.74) is 0.434. The van der Waals surface area contributed by atoms with Gasteiger partial charge in [-0.1, -0.05) is 73.1 Å². The molecule has 3 nitrogen and oxygen atoms in total. The minimum Gasteiger partial charge on any atom is -0.275 e. The minimum atomic E-state index is 0.0780. The van der Waals surface area contributed by atoms with Crippen LogP contribution in [0.5, 0.6) is 0 Å². The summed E-state index contributed by atoms with van der Waals surface area (Å²) in [5.74, 6) is 1.99. The lowest BCUT2D eigenvalue weighted by molar-refractivity contribution is -0.168. The Hall–Kier alpha value is -0.570. The number of nitrogens with zero attached hydrogens (tertiary/aromatic N) is 1. The first-order valence-electron chi connectivity index (χ1n) is 10.00. The van der Waals surface area contributed by atoms with Gasteiger partial charge in [0.25, 0.3) is 0 Å².